The molecular formula is C19H23NO3. The van der Waals surface area contributed by atoms with E-state index < -0.39 is 5.97 Å². The van der Waals surface area contributed by atoms with Crippen molar-refractivity contribution in [1.29, 1.82) is 0 Å². The van der Waals surface area contributed by atoms with Gasteiger partial charge in [-0.15, -0.1) is 0 Å². The van der Waals surface area contributed by atoms with Crippen molar-refractivity contribution < 1.29 is 14.6 Å². The van der Waals surface area contributed by atoms with Crippen molar-refractivity contribution in [3.8, 4) is 5.75 Å². The molecule has 0 radical (unpaired) electrons. The Hall–Kier alpha value is -2.33. The number of hydrogen-bond donors (Lipinski definition) is 1. The van der Waals surface area contributed by atoms with Crippen molar-refractivity contribution in [2.24, 2.45) is 0 Å². The summed E-state index contributed by atoms with van der Waals surface area (Å²) >= 11 is 0. The lowest BCUT2D eigenvalue weighted by Crippen LogP contribution is -2.35. The summed E-state index contributed by atoms with van der Waals surface area (Å²) in [4.78, 5) is 12.8. The Morgan fingerprint density at radius 3 is 2.26 bits per heavy atom. The first kappa shape index (κ1) is 17.0. The second-order valence-electron chi connectivity index (χ2n) is 5.81. The van der Waals surface area contributed by atoms with Gasteiger partial charge in [-0.05, 0) is 37.1 Å². The largest absolute Gasteiger partial charge is 0.489 e. The third kappa shape index (κ3) is 5.75. The number of benzene rings is 2. The summed E-state index contributed by atoms with van der Waals surface area (Å²) in [5, 5.41) is 8.97. The zero-order chi connectivity index (χ0) is 16.7. The van der Waals surface area contributed by atoms with E-state index in [0.29, 0.717) is 13.2 Å². The molecule has 0 amide bonds. The molecule has 2 aromatic rings. The average molecular weight is 313 g/mol. The zero-order valence-corrected chi connectivity index (χ0v) is 13.6. The summed E-state index contributed by atoms with van der Waals surface area (Å²) in [6.07, 6.45) is 0. The number of rotatable bonds is 8. The van der Waals surface area contributed by atoms with Crippen LogP contribution >= 0.6 is 0 Å². The van der Waals surface area contributed by atoms with E-state index in [4.69, 9.17) is 9.84 Å². The minimum Gasteiger partial charge on any atom is -0.489 e. The van der Waals surface area contributed by atoms with Crippen LogP contribution in [0.15, 0.2) is 54.6 Å². The quantitative estimate of drug-likeness (QED) is 0.809. The Morgan fingerprint density at radius 2 is 1.70 bits per heavy atom. The number of carboxylic acid groups (broad SMARTS) is 1. The molecule has 23 heavy (non-hydrogen) atoms. The maximum atomic E-state index is 10.9. The van der Waals surface area contributed by atoms with Gasteiger partial charge in [0.25, 0.3) is 0 Å². The molecular weight excluding hydrogens is 290 g/mol. The molecule has 2 rings (SSSR count). The van der Waals surface area contributed by atoms with E-state index in [9.17, 15) is 4.79 Å². The maximum absolute atomic E-state index is 10.9. The van der Waals surface area contributed by atoms with Gasteiger partial charge in [0, 0.05) is 12.6 Å². The number of nitrogens with zero attached hydrogens (tertiary/aromatic N) is 1. The molecule has 0 aromatic heterocycles. The Kier molecular flexibility index (Phi) is 6.18. The predicted octanol–water partition coefficient (Wildman–Crippen LogP) is 3.56. The molecule has 0 saturated heterocycles. The lowest BCUT2D eigenvalue weighted by atomic mass is 10.2. The molecule has 2 aromatic carbocycles. The standard InChI is InChI=1S/C19H23NO3/c1-15(2)20(13-19(21)22)12-16-8-10-18(11-9-16)23-14-17-6-4-3-5-7-17/h3-11,15H,12-14H2,1-2H3,(H,21,22). The fourth-order valence-electron chi connectivity index (χ4n) is 2.26. The minimum absolute atomic E-state index is 0.0456. The molecule has 4 heteroatoms. The number of ether oxygens (including phenoxy) is 1. The van der Waals surface area contributed by atoms with Gasteiger partial charge in [-0.2, -0.15) is 0 Å². The van der Waals surface area contributed by atoms with Gasteiger partial charge in [0.2, 0.25) is 0 Å². The lowest BCUT2D eigenvalue weighted by Gasteiger charge is -2.24. The van der Waals surface area contributed by atoms with Crippen molar-refractivity contribution in [3.05, 3.63) is 65.7 Å². The van der Waals surface area contributed by atoms with Crippen LogP contribution in [0.25, 0.3) is 0 Å². The monoisotopic (exact) mass is 313 g/mol. The molecule has 0 saturated carbocycles. The number of carboxylic acids is 1. The number of aliphatic carboxylic acids is 1. The highest BCUT2D eigenvalue weighted by Crippen LogP contribution is 2.16. The van der Waals surface area contributed by atoms with Gasteiger partial charge in [-0.1, -0.05) is 42.5 Å². The molecule has 0 aliphatic rings. The van der Waals surface area contributed by atoms with E-state index in [1.807, 2.05) is 73.3 Å². The van der Waals surface area contributed by atoms with Crippen molar-refractivity contribution in [1.82, 2.24) is 4.90 Å². The second-order valence-corrected chi connectivity index (χ2v) is 5.81. The Labute approximate surface area is 137 Å². The normalized spacial score (nSPS) is 11.0. The fraction of sp³-hybridized carbons (Fsp3) is 0.316. The van der Waals surface area contributed by atoms with Crippen molar-refractivity contribution in [2.45, 2.75) is 33.0 Å². The smallest absolute Gasteiger partial charge is 0.317 e. The summed E-state index contributed by atoms with van der Waals surface area (Å²) in [6, 6.07) is 18.0. The molecule has 0 bridgehead atoms. The second kappa shape index (κ2) is 8.34. The van der Waals surface area contributed by atoms with Gasteiger partial charge in [0.15, 0.2) is 0 Å². The third-order valence-corrected chi connectivity index (χ3v) is 3.63. The lowest BCUT2D eigenvalue weighted by molar-refractivity contribution is -0.138. The van der Waals surface area contributed by atoms with Crippen LogP contribution in [0.5, 0.6) is 5.75 Å². The van der Waals surface area contributed by atoms with Crippen LogP contribution in [-0.4, -0.2) is 28.6 Å². The Morgan fingerprint density at radius 1 is 1.04 bits per heavy atom. The van der Waals surface area contributed by atoms with Gasteiger partial charge < -0.3 is 9.84 Å². The molecule has 0 fully saturated rings. The topological polar surface area (TPSA) is 49.8 Å². The first-order chi connectivity index (χ1) is 11.0. The highest BCUT2D eigenvalue weighted by molar-refractivity contribution is 5.69. The molecule has 0 aliphatic heterocycles. The molecule has 0 heterocycles. The molecule has 0 unspecified atom stereocenters. The summed E-state index contributed by atoms with van der Waals surface area (Å²) in [7, 11) is 0. The molecule has 1 N–H and O–H groups in total. The maximum Gasteiger partial charge on any atom is 0.317 e. The van der Waals surface area contributed by atoms with Crippen LogP contribution < -0.4 is 4.74 Å². The van der Waals surface area contributed by atoms with Gasteiger partial charge in [0.05, 0.1) is 6.54 Å². The van der Waals surface area contributed by atoms with E-state index >= 15 is 0 Å². The van der Waals surface area contributed by atoms with Crippen LogP contribution in [0, 0.1) is 0 Å². The first-order valence-corrected chi connectivity index (χ1v) is 7.76. The van der Waals surface area contributed by atoms with E-state index in [1.165, 1.54) is 0 Å². The molecule has 0 spiro atoms. The van der Waals surface area contributed by atoms with E-state index in [1.54, 1.807) is 0 Å². The summed E-state index contributed by atoms with van der Waals surface area (Å²) < 4.78 is 5.76. The molecule has 0 atom stereocenters. The molecule has 0 aliphatic carbocycles. The van der Waals surface area contributed by atoms with Crippen molar-refractivity contribution in [3.63, 3.8) is 0 Å². The Bertz CT molecular complexity index is 608. The van der Waals surface area contributed by atoms with Gasteiger partial charge in [-0.3, -0.25) is 9.69 Å². The van der Waals surface area contributed by atoms with Gasteiger partial charge >= 0.3 is 5.97 Å². The van der Waals surface area contributed by atoms with Crippen LogP contribution in [0.3, 0.4) is 0 Å². The minimum atomic E-state index is -0.804. The first-order valence-electron chi connectivity index (χ1n) is 7.76. The van der Waals surface area contributed by atoms with Gasteiger partial charge in [-0.25, -0.2) is 0 Å². The SMILES string of the molecule is CC(C)N(CC(=O)O)Cc1ccc(OCc2ccccc2)cc1. The highest BCUT2D eigenvalue weighted by Gasteiger charge is 2.13. The van der Waals surface area contributed by atoms with Crippen LogP contribution in [0.2, 0.25) is 0 Å². The summed E-state index contributed by atoms with van der Waals surface area (Å²) in [5.74, 6) is 0.00782. The summed E-state index contributed by atoms with van der Waals surface area (Å²) in [5.41, 5.74) is 2.20. The van der Waals surface area contributed by atoms with Gasteiger partial charge in [0.1, 0.15) is 12.4 Å². The zero-order valence-electron chi connectivity index (χ0n) is 13.6. The molecule has 4 nitrogen and oxygen atoms in total. The number of hydrogen-bond acceptors (Lipinski definition) is 3. The van der Waals surface area contributed by atoms with Crippen LogP contribution in [0.4, 0.5) is 0 Å². The predicted molar refractivity (Wildman–Crippen MR) is 90.4 cm³/mol. The Balaban J connectivity index is 1.92. The van der Waals surface area contributed by atoms with Crippen molar-refractivity contribution >= 4 is 5.97 Å². The fourth-order valence-corrected chi connectivity index (χ4v) is 2.26. The van der Waals surface area contributed by atoms with E-state index in [2.05, 4.69) is 0 Å². The van der Waals surface area contributed by atoms with E-state index in [-0.39, 0.29) is 12.6 Å². The van der Waals surface area contributed by atoms with Crippen LogP contribution in [-0.2, 0) is 17.9 Å². The summed E-state index contributed by atoms with van der Waals surface area (Å²) in [6.45, 7) is 5.20. The number of carbonyl (C=O) groups is 1. The third-order valence-electron chi connectivity index (χ3n) is 3.63. The van der Waals surface area contributed by atoms with E-state index in [0.717, 1.165) is 16.9 Å². The van der Waals surface area contributed by atoms with Crippen molar-refractivity contribution in [2.75, 3.05) is 6.54 Å². The molecule has 122 valence electrons. The highest BCUT2D eigenvalue weighted by atomic mass is 16.5. The average Bonchev–Trinajstić information content (AvgIpc) is 2.54. The van der Waals surface area contributed by atoms with Crippen LogP contribution in [0.1, 0.15) is 25.0 Å².